The highest BCUT2D eigenvalue weighted by Crippen LogP contribution is 2.19. The van der Waals surface area contributed by atoms with Gasteiger partial charge in [-0.3, -0.25) is 4.68 Å². The number of amides is 1. The molecule has 0 spiro atoms. The molecule has 6 heteroatoms. The monoisotopic (exact) mass is 322 g/mol. The molecule has 0 aromatic carbocycles. The molecule has 2 rings (SSSR count). The highest BCUT2D eigenvalue weighted by atomic mass is 16.6. The molecular formula is C17H30N4O2. The lowest BCUT2D eigenvalue weighted by Gasteiger charge is -2.34. The van der Waals surface area contributed by atoms with Crippen LogP contribution in [0.1, 0.15) is 44.9 Å². The van der Waals surface area contributed by atoms with Crippen LogP contribution in [0.2, 0.25) is 0 Å². The zero-order valence-corrected chi connectivity index (χ0v) is 15.1. The van der Waals surface area contributed by atoms with Crippen molar-refractivity contribution >= 4 is 6.09 Å². The first kappa shape index (κ1) is 17.8. The van der Waals surface area contributed by atoms with Gasteiger partial charge >= 0.3 is 6.09 Å². The molecule has 1 unspecified atom stereocenters. The van der Waals surface area contributed by atoms with Crippen LogP contribution in [0.3, 0.4) is 0 Å². The van der Waals surface area contributed by atoms with Crippen molar-refractivity contribution in [2.24, 2.45) is 13.0 Å². The number of ether oxygens (including phenoxy) is 1. The molecule has 2 heterocycles. The summed E-state index contributed by atoms with van der Waals surface area (Å²) in [5, 5.41) is 7.85. The fourth-order valence-corrected chi connectivity index (χ4v) is 2.96. The van der Waals surface area contributed by atoms with Gasteiger partial charge in [-0.05, 0) is 53.0 Å². The molecule has 6 nitrogen and oxygen atoms in total. The number of carbonyl (C=O) groups excluding carboxylic acids is 1. The Morgan fingerprint density at radius 1 is 1.48 bits per heavy atom. The summed E-state index contributed by atoms with van der Waals surface area (Å²) in [7, 11) is 1.94. The van der Waals surface area contributed by atoms with Crippen LogP contribution in [-0.2, 0) is 18.3 Å². The number of hydrogen-bond donors (Lipinski definition) is 1. The molecule has 0 radical (unpaired) electrons. The maximum Gasteiger partial charge on any atom is 0.410 e. The lowest BCUT2D eigenvalue weighted by molar-refractivity contribution is 0.0166. The second kappa shape index (κ2) is 7.34. The fraction of sp³-hybridized carbons (Fsp3) is 0.765. The number of aryl methyl sites for hydroxylation is 2. The van der Waals surface area contributed by atoms with Gasteiger partial charge in [0.15, 0.2) is 0 Å². The van der Waals surface area contributed by atoms with Crippen LogP contribution < -0.4 is 5.32 Å². The number of nitrogens with zero attached hydrogens (tertiary/aromatic N) is 3. The zero-order valence-electron chi connectivity index (χ0n) is 15.1. The Morgan fingerprint density at radius 3 is 2.83 bits per heavy atom. The Balaban J connectivity index is 1.78. The molecule has 1 amide bonds. The fourth-order valence-electron chi connectivity index (χ4n) is 2.96. The van der Waals surface area contributed by atoms with Crippen molar-refractivity contribution in [3.05, 3.63) is 17.5 Å². The van der Waals surface area contributed by atoms with E-state index in [-0.39, 0.29) is 6.09 Å². The van der Waals surface area contributed by atoms with E-state index in [0.717, 1.165) is 44.7 Å². The molecule has 1 fully saturated rings. The Bertz CT molecular complexity index is 533. The number of likely N-dealkylation sites (tertiary alicyclic amines) is 1. The van der Waals surface area contributed by atoms with Gasteiger partial charge in [-0.25, -0.2) is 4.79 Å². The van der Waals surface area contributed by atoms with E-state index in [1.54, 1.807) is 0 Å². The third-order valence-corrected chi connectivity index (χ3v) is 4.03. The van der Waals surface area contributed by atoms with Gasteiger partial charge < -0.3 is 15.0 Å². The average molecular weight is 322 g/mol. The summed E-state index contributed by atoms with van der Waals surface area (Å²) in [4.78, 5) is 14.0. The number of aromatic nitrogens is 2. The molecule has 0 aliphatic carbocycles. The van der Waals surface area contributed by atoms with Gasteiger partial charge in [-0.1, -0.05) is 0 Å². The quantitative estimate of drug-likeness (QED) is 0.925. The van der Waals surface area contributed by atoms with E-state index < -0.39 is 5.60 Å². The normalized spacial score (nSPS) is 19.0. The topological polar surface area (TPSA) is 59.4 Å². The van der Waals surface area contributed by atoms with Crippen LogP contribution in [0, 0.1) is 12.8 Å². The van der Waals surface area contributed by atoms with Gasteiger partial charge in [0.2, 0.25) is 0 Å². The van der Waals surface area contributed by atoms with Crippen LogP contribution in [0.25, 0.3) is 0 Å². The molecule has 1 aromatic heterocycles. The van der Waals surface area contributed by atoms with Gasteiger partial charge in [0, 0.05) is 38.4 Å². The van der Waals surface area contributed by atoms with Crippen LogP contribution in [0.4, 0.5) is 4.79 Å². The van der Waals surface area contributed by atoms with E-state index in [1.807, 2.05) is 44.3 Å². The molecule has 1 atom stereocenters. The van der Waals surface area contributed by atoms with Gasteiger partial charge in [0.1, 0.15) is 5.60 Å². The van der Waals surface area contributed by atoms with E-state index in [2.05, 4.69) is 16.6 Å². The lowest BCUT2D eigenvalue weighted by Crippen LogP contribution is -2.45. The number of hydrogen-bond acceptors (Lipinski definition) is 4. The average Bonchev–Trinajstić information content (AvgIpc) is 2.75. The minimum absolute atomic E-state index is 0.190. The Morgan fingerprint density at radius 2 is 2.22 bits per heavy atom. The molecule has 1 aliphatic heterocycles. The van der Waals surface area contributed by atoms with Gasteiger partial charge in [0.25, 0.3) is 0 Å². The lowest BCUT2D eigenvalue weighted by atomic mass is 9.98. The maximum absolute atomic E-state index is 12.2. The van der Waals surface area contributed by atoms with Crippen LogP contribution in [-0.4, -0.2) is 46.0 Å². The summed E-state index contributed by atoms with van der Waals surface area (Å²) in [5.74, 6) is 0.480. The predicted molar refractivity (Wildman–Crippen MR) is 90.2 cm³/mol. The van der Waals surface area contributed by atoms with Gasteiger partial charge in [-0.2, -0.15) is 5.10 Å². The van der Waals surface area contributed by atoms with Crippen molar-refractivity contribution in [3.63, 3.8) is 0 Å². The summed E-state index contributed by atoms with van der Waals surface area (Å²) in [6, 6.07) is 0. The highest BCUT2D eigenvalue weighted by molar-refractivity contribution is 5.68. The van der Waals surface area contributed by atoms with Gasteiger partial charge in [-0.15, -0.1) is 0 Å². The standard InChI is InChI=1S/C17H30N4O2/c1-13-15(12-20(5)19-13)10-18-9-14-7-6-8-21(11-14)16(22)23-17(2,3)4/h12,14,18H,6-11H2,1-5H3. The van der Waals surface area contributed by atoms with Crippen molar-refractivity contribution in [2.75, 3.05) is 19.6 Å². The summed E-state index contributed by atoms with van der Waals surface area (Å²) >= 11 is 0. The summed E-state index contributed by atoms with van der Waals surface area (Å²) in [6.07, 6.45) is 4.05. The highest BCUT2D eigenvalue weighted by Gasteiger charge is 2.27. The second-order valence-corrected chi connectivity index (χ2v) is 7.48. The third kappa shape index (κ3) is 5.53. The number of piperidine rings is 1. The molecule has 0 saturated carbocycles. The van der Waals surface area contributed by atoms with Crippen molar-refractivity contribution < 1.29 is 9.53 Å². The number of rotatable bonds is 4. The summed E-state index contributed by atoms with van der Waals surface area (Å²) in [6.45, 7) is 11.1. The van der Waals surface area contributed by atoms with Gasteiger partial charge in [0.05, 0.1) is 5.69 Å². The molecule has 1 saturated heterocycles. The summed E-state index contributed by atoms with van der Waals surface area (Å²) < 4.78 is 7.32. The van der Waals surface area contributed by atoms with Crippen LogP contribution in [0.15, 0.2) is 6.20 Å². The molecular weight excluding hydrogens is 292 g/mol. The van der Waals surface area contributed by atoms with E-state index in [9.17, 15) is 4.79 Å². The maximum atomic E-state index is 12.2. The molecule has 1 N–H and O–H groups in total. The van der Waals surface area contributed by atoms with Crippen LogP contribution in [0.5, 0.6) is 0 Å². The van der Waals surface area contributed by atoms with E-state index >= 15 is 0 Å². The first-order chi connectivity index (χ1) is 10.7. The van der Waals surface area contributed by atoms with Crippen molar-refractivity contribution in [1.82, 2.24) is 20.0 Å². The minimum atomic E-state index is -0.430. The van der Waals surface area contributed by atoms with E-state index in [1.165, 1.54) is 5.56 Å². The van der Waals surface area contributed by atoms with Crippen LogP contribution >= 0.6 is 0 Å². The van der Waals surface area contributed by atoms with E-state index in [0.29, 0.717) is 5.92 Å². The number of carbonyl (C=O) groups is 1. The molecule has 1 aromatic rings. The zero-order chi connectivity index (χ0) is 17.0. The summed E-state index contributed by atoms with van der Waals surface area (Å²) in [5.41, 5.74) is 1.87. The Labute approximate surface area is 139 Å². The minimum Gasteiger partial charge on any atom is -0.444 e. The second-order valence-electron chi connectivity index (χ2n) is 7.48. The number of nitrogens with one attached hydrogen (secondary N) is 1. The molecule has 23 heavy (non-hydrogen) atoms. The first-order valence-corrected chi connectivity index (χ1v) is 8.42. The SMILES string of the molecule is Cc1nn(C)cc1CNCC1CCCN(C(=O)OC(C)(C)C)C1. The van der Waals surface area contributed by atoms with Crippen molar-refractivity contribution in [3.8, 4) is 0 Å². The predicted octanol–water partition coefficient (Wildman–Crippen LogP) is 2.47. The van der Waals surface area contributed by atoms with Crippen molar-refractivity contribution in [2.45, 2.75) is 52.7 Å². The van der Waals surface area contributed by atoms with Crippen molar-refractivity contribution in [1.29, 1.82) is 0 Å². The molecule has 130 valence electrons. The van der Waals surface area contributed by atoms with E-state index in [4.69, 9.17) is 4.74 Å². The Kier molecular flexibility index (Phi) is 5.68. The smallest absolute Gasteiger partial charge is 0.410 e. The third-order valence-electron chi connectivity index (χ3n) is 4.03. The molecule has 1 aliphatic rings. The largest absolute Gasteiger partial charge is 0.444 e. The first-order valence-electron chi connectivity index (χ1n) is 8.42. The Hall–Kier alpha value is -1.56. The molecule has 0 bridgehead atoms.